The van der Waals surface area contributed by atoms with Crippen LogP contribution in [0, 0.1) is 5.92 Å². The molecule has 4 heteroatoms. The first-order chi connectivity index (χ1) is 9.79. The van der Waals surface area contributed by atoms with E-state index >= 15 is 0 Å². The molecular weight excluding hydrogens is 252 g/mol. The molecule has 2 aliphatic heterocycles. The van der Waals surface area contributed by atoms with Gasteiger partial charge >= 0.3 is 0 Å². The predicted molar refractivity (Wildman–Crippen MR) is 79.3 cm³/mol. The minimum Gasteiger partial charge on any atom is -0.497 e. The molecule has 0 spiro atoms. The van der Waals surface area contributed by atoms with E-state index in [9.17, 15) is 4.79 Å². The number of rotatable bonds is 2. The van der Waals surface area contributed by atoms with Gasteiger partial charge in [0.1, 0.15) is 5.75 Å². The third kappa shape index (κ3) is 2.52. The van der Waals surface area contributed by atoms with Crippen LogP contribution in [0.25, 0.3) is 0 Å². The quantitative estimate of drug-likeness (QED) is 0.896. The van der Waals surface area contributed by atoms with Crippen molar-refractivity contribution >= 4 is 11.6 Å². The lowest BCUT2D eigenvalue weighted by atomic mass is 9.95. The highest BCUT2D eigenvalue weighted by atomic mass is 16.5. The number of nitrogens with one attached hydrogen (secondary N) is 1. The Morgan fingerprint density at radius 1 is 1.40 bits per heavy atom. The minimum atomic E-state index is 0.136. The van der Waals surface area contributed by atoms with Crippen molar-refractivity contribution in [2.24, 2.45) is 5.92 Å². The highest BCUT2D eigenvalue weighted by molar-refractivity contribution is 5.96. The van der Waals surface area contributed by atoms with Crippen LogP contribution in [0.1, 0.15) is 24.8 Å². The average Bonchev–Trinajstić information content (AvgIpc) is 2.54. The van der Waals surface area contributed by atoms with E-state index in [4.69, 9.17) is 4.74 Å². The number of amides is 1. The number of carbonyl (C=O) groups excluding carboxylic acids is 1. The van der Waals surface area contributed by atoms with Gasteiger partial charge in [0.25, 0.3) is 0 Å². The van der Waals surface area contributed by atoms with Crippen LogP contribution in [0.2, 0.25) is 0 Å². The van der Waals surface area contributed by atoms with Gasteiger partial charge in [-0.3, -0.25) is 4.79 Å². The van der Waals surface area contributed by atoms with Gasteiger partial charge < -0.3 is 15.0 Å². The number of fused-ring (bicyclic) bond motifs is 1. The summed E-state index contributed by atoms with van der Waals surface area (Å²) in [6, 6.07) is 6.04. The second-order valence-electron chi connectivity index (χ2n) is 5.63. The van der Waals surface area contributed by atoms with Crippen molar-refractivity contribution in [3.63, 3.8) is 0 Å². The number of carbonyl (C=O) groups is 1. The number of hydrogen-bond acceptors (Lipinski definition) is 3. The standard InChI is InChI=1S/C16H22N2O2/c1-20-14-6-7-15-12(10-14)5-3-9-18(15)16(19)13-4-2-8-17-11-13/h6-7,10,13,17H,2-5,8-9,11H2,1H3/t13-/m1/s1. The molecule has 0 bridgehead atoms. The first-order valence-corrected chi connectivity index (χ1v) is 7.48. The van der Waals surface area contributed by atoms with Gasteiger partial charge in [-0.25, -0.2) is 0 Å². The number of anilines is 1. The minimum absolute atomic E-state index is 0.136. The van der Waals surface area contributed by atoms with E-state index in [1.54, 1.807) is 7.11 Å². The second kappa shape index (κ2) is 5.83. The molecule has 1 saturated heterocycles. The molecule has 1 aromatic carbocycles. The zero-order valence-corrected chi connectivity index (χ0v) is 12.0. The van der Waals surface area contributed by atoms with E-state index in [1.165, 1.54) is 5.56 Å². The van der Waals surface area contributed by atoms with Crippen molar-refractivity contribution in [1.29, 1.82) is 0 Å². The van der Waals surface area contributed by atoms with Crippen molar-refractivity contribution < 1.29 is 9.53 Å². The van der Waals surface area contributed by atoms with E-state index in [-0.39, 0.29) is 11.8 Å². The van der Waals surface area contributed by atoms with Crippen molar-refractivity contribution in [2.75, 3.05) is 31.6 Å². The fraction of sp³-hybridized carbons (Fsp3) is 0.562. The number of aryl methyl sites for hydroxylation is 1. The van der Waals surface area contributed by atoms with Crippen molar-refractivity contribution in [3.8, 4) is 5.75 Å². The Hall–Kier alpha value is -1.55. The fourth-order valence-electron chi connectivity index (χ4n) is 3.21. The molecule has 108 valence electrons. The van der Waals surface area contributed by atoms with Gasteiger partial charge in [-0.05, 0) is 56.0 Å². The summed E-state index contributed by atoms with van der Waals surface area (Å²) in [6.45, 7) is 2.70. The van der Waals surface area contributed by atoms with Crippen LogP contribution in [0.3, 0.4) is 0 Å². The summed E-state index contributed by atoms with van der Waals surface area (Å²) < 4.78 is 5.28. The molecule has 1 N–H and O–H groups in total. The van der Waals surface area contributed by atoms with Crippen LogP contribution in [0.4, 0.5) is 5.69 Å². The van der Waals surface area contributed by atoms with Gasteiger partial charge in [-0.2, -0.15) is 0 Å². The lowest BCUT2D eigenvalue weighted by molar-refractivity contribution is -0.122. The maximum Gasteiger partial charge on any atom is 0.231 e. The van der Waals surface area contributed by atoms with E-state index in [1.807, 2.05) is 17.0 Å². The largest absolute Gasteiger partial charge is 0.497 e. The van der Waals surface area contributed by atoms with Crippen LogP contribution in [0.5, 0.6) is 5.75 Å². The second-order valence-corrected chi connectivity index (χ2v) is 5.63. The van der Waals surface area contributed by atoms with Gasteiger partial charge in [0.2, 0.25) is 5.91 Å². The van der Waals surface area contributed by atoms with E-state index in [0.29, 0.717) is 0 Å². The van der Waals surface area contributed by atoms with E-state index in [0.717, 1.165) is 56.8 Å². The zero-order chi connectivity index (χ0) is 13.9. The molecule has 1 atom stereocenters. The molecule has 1 aromatic rings. The van der Waals surface area contributed by atoms with Crippen molar-refractivity contribution in [3.05, 3.63) is 23.8 Å². The van der Waals surface area contributed by atoms with Crippen molar-refractivity contribution in [1.82, 2.24) is 5.32 Å². The summed E-state index contributed by atoms with van der Waals surface area (Å²) in [6.07, 6.45) is 4.17. The summed E-state index contributed by atoms with van der Waals surface area (Å²) in [5.41, 5.74) is 2.31. The normalized spacial score (nSPS) is 22.2. The Bertz CT molecular complexity index is 495. The maximum atomic E-state index is 12.7. The molecule has 0 unspecified atom stereocenters. The van der Waals surface area contributed by atoms with Crippen LogP contribution in [0.15, 0.2) is 18.2 Å². The Kier molecular flexibility index (Phi) is 3.92. The summed E-state index contributed by atoms with van der Waals surface area (Å²) in [5, 5.41) is 3.33. The van der Waals surface area contributed by atoms with Gasteiger partial charge in [-0.1, -0.05) is 0 Å². The topological polar surface area (TPSA) is 41.6 Å². The maximum absolute atomic E-state index is 12.7. The number of benzene rings is 1. The van der Waals surface area contributed by atoms with Gasteiger partial charge in [0, 0.05) is 18.8 Å². The third-order valence-corrected chi connectivity index (χ3v) is 4.32. The molecule has 1 fully saturated rings. The summed E-state index contributed by atoms with van der Waals surface area (Å²) in [5.74, 6) is 1.29. The molecule has 4 nitrogen and oxygen atoms in total. The Labute approximate surface area is 120 Å². The number of piperidine rings is 1. The van der Waals surface area contributed by atoms with Crippen molar-refractivity contribution in [2.45, 2.75) is 25.7 Å². The molecule has 0 aromatic heterocycles. The lowest BCUT2D eigenvalue weighted by Gasteiger charge is -2.34. The molecule has 1 amide bonds. The summed E-state index contributed by atoms with van der Waals surface area (Å²) in [4.78, 5) is 14.7. The molecular formula is C16H22N2O2. The van der Waals surface area contributed by atoms with E-state index < -0.39 is 0 Å². The third-order valence-electron chi connectivity index (χ3n) is 4.32. The fourth-order valence-corrected chi connectivity index (χ4v) is 3.21. The molecule has 2 aliphatic rings. The first-order valence-electron chi connectivity index (χ1n) is 7.48. The number of hydrogen-bond donors (Lipinski definition) is 1. The highest BCUT2D eigenvalue weighted by Crippen LogP contribution is 2.32. The average molecular weight is 274 g/mol. The van der Waals surface area contributed by atoms with Crippen LogP contribution >= 0.6 is 0 Å². The Balaban J connectivity index is 1.83. The predicted octanol–water partition coefficient (Wildman–Crippen LogP) is 1.97. The molecule has 0 aliphatic carbocycles. The van der Waals surface area contributed by atoms with Crippen LogP contribution in [-0.4, -0.2) is 32.7 Å². The molecule has 20 heavy (non-hydrogen) atoms. The first kappa shape index (κ1) is 13.4. The van der Waals surface area contributed by atoms with Crippen LogP contribution in [-0.2, 0) is 11.2 Å². The number of methoxy groups -OCH3 is 1. The SMILES string of the molecule is COc1ccc2c(c1)CCCN2C(=O)[C@@H]1CCCNC1. The summed E-state index contributed by atoms with van der Waals surface area (Å²) >= 11 is 0. The smallest absolute Gasteiger partial charge is 0.231 e. The lowest BCUT2D eigenvalue weighted by Crippen LogP contribution is -2.45. The Morgan fingerprint density at radius 2 is 2.30 bits per heavy atom. The molecule has 0 saturated carbocycles. The zero-order valence-electron chi connectivity index (χ0n) is 12.0. The monoisotopic (exact) mass is 274 g/mol. The molecule has 2 heterocycles. The molecule has 3 rings (SSSR count). The summed E-state index contributed by atoms with van der Waals surface area (Å²) in [7, 11) is 1.68. The Morgan fingerprint density at radius 3 is 3.05 bits per heavy atom. The van der Waals surface area contributed by atoms with E-state index in [2.05, 4.69) is 11.4 Å². The number of nitrogens with zero attached hydrogens (tertiary/aromatic N) is 1. The number of ether oxygens (including phenoxy) is 1. The molecule has 0 radical (unpaired) electrons. The highest BCUT2D eigenvalue weighted by Gasteiger charge is 2.29. The van der Waals surface area contributed by atoms with Gasteiger partial charge in [0.15, 0.2) is 0 Å². The van der Waals surface area contributed by atoms with Gasteiger partial charge in [0.05, 0.1) is 13.0 Å². The van der Waals surface area contributed by atoms with Gasteiger partial charge in [-0.15, -0.1) is 0 Å². The van der Waals surface area contributed by atoms with Crippen LogP contribution < -0.4 is 15.0 Å².